The zero-order valence-corrected chi connectivity index (χ0v) is 17.0. The van der Waals surface area contributed by atoms with Crippen LogP contribution in [-0.2, 0) is 9.84 Å². The van der Waals surface area contributed by atoms with Gasteiger partial charge in [0.05, 0.1) is 17.5 Å². The van der Waals surface area contributed by atoms with E-state index >= 15 is 0 Å². The molecule has 0 amide bonds. The summed E-state index contributed by atoms with van der Waals surface area (Å²) >= 11 is 0. The number of nitrogens with one attached hydrogen (secondary N) is 2. The summed E-state index contributed by atoms with van der Waals surface area (Å²) in [6.07, 6.45) is 0.707. The van der Waals surface area contributed by atoms with Crippen molar-refractivity contribution in [1.82, 2.24) is 10.6 Å². The van der Waals surface area contributed by atoms with Crippen LogP contribution >= 0.6 is 24.0 Å². The van der Waals surface area contributed by atoms with Crippen LogP contribution in [0.25, 0.3) is 0 Å². The Morgan fingerprint density at radius 3 is 2.74 bits per heavy atom. The summed E-state index contributed by atoms with van der Waals surface area (Å²) in [5.41, 5.74) is 0. The highest BCUT2D eigenvalue weighted by Gasteiger charge is 2.27. The van der Waals surface area contributed by atoms with Crippen LogP contribution in [0.15, 0.2) is 21.5 Å². The maximum absolute atomic E-state index is 11.5. The van der Waals surface area contributed by atoms with Crippen molar-refractivity contribution < 1.29 is 12.8 Å². The van der Waals surface area contributed by atoms with Gasteiger partial charge in [-0.25, -0.2) is 8.42 Å². The molecule has 0 saturated carbocycles. The summed E-state index contributed by atoms with van der Waals surface area (Å²) in [4.78, 5) is 4.52. The Morgan fingerprint density at radius 2 is 2.22 bits per heavy atom. The van der Waals surface area contributed by atoms with Gasteiger partial charge in [-0.05, 0) is 45.2 Å². The molecule has 2 rings (SSSR count). The molecule has 23 heavy (non-hydrogen) atoms. The maximum atomic E-state index is 11.5. The van der Waals surface area contributed by atoms with Crippen molar-refractivity contribution in [3.05, 3.63) is 23.7 Å². The fourth-order valence-electron chi connectivity index (χ4n) is 2.52. The largest absolute Gasteiger partial charge is 0.464 e. The Hall–Kier alpha value is -0.770. The first kappa shape index (κ1) is 20.3. The highest BCUT2D eigenvalue weighted by molar-refractivity contribution is 14.0. The van der Waals surface area contributed by atoms with Gasteiger partial charge in [0.2, 0.25) is 0 Å². The van der Waals surface area contributed by atoms with Gasteiger partial charge in [-0.3, -0.25) is 4.99 Å². The second-order valence-electron chi connectivity index (χ2n) is 5.80. The molecule has 1 fully saturated rings. The Labute approximate surface area is 155 Å². The van der Waals surface area contributed by atoms with E-state index in [0.29, 0.717) is 24.7 Å². The minimum absolute atomic E-state index is 0. The van der Waals surface area contributed by atoms with Crippen molar-refractivity contribution in [2.45, 2.75) is 33.2 Å². The van der Waals surface area contributed by atoms with E-state index in [1.165, 1.54) is 0 Å². The predicted molar refractivity (Wildman–Crippen MR) is 103 cm³/mol. The van der Waals surface area contributed by atoms with Crippen LogP contribution < -0.4 is 10.6 Å². The number of hydrogen-bond donors (Lipinski definition) is 2. The average molecular weight is 455 g/mol. The number of nitrogens with zero attached hydrogens (tertiary/aromatic N) is 1. The van der Waals surface area contributed by atoms with Crippen LogP contribution in [0.4, 0.5) is 0 Å². The third kappa shape index (κ3) is 6.33. The van der Waals surface area contributed by atoms with Crippen LogP contribution in [0.3, 0.4) is 0 Å². The molecule has 0 aliphatic carbocycles. The summed E-state index contributed by atoms with van der Waals surface area (Å²) in [6, 6.07) is 3.87. The van der Waals surface area contributed by atoms with Gasteiger partial charge in [-0.15, -0.1) is 24.0 Å². The van der Waals surface area contributed by atoms with Gasteiger partial charge in [0, 0.05) is 13.1 Å². The van der Waals surface area contributed by atoms with Gasteiger partial charge >= 0.3 is 0 Å². The zero-order chi connectivity index (χ0) is 16.2. The van der Waals surface area contributed by atoms with Crippen LogP contribution in [0.1, 0.15) is 37.8 Å². The van der Waals surface area contributed by atoms with Gasteiger partial charge in [0.25, 0.3) is 0 Å². The van der Waals surface area contributed by atoms with Crippen LogP contribution in [-0.4, -0.2) is 39.0 Å². The van der Waals surface area contributed by atoms with E-state index in [9.17, 15) is 8.42 Å². The quantitative estimate of drug-likeness (QED) is 0.404. The second kappa shape index (κ2) is 8.91. The Morgan fingerprint density at radius 1 is 1.48 bits per heavy atom. The van der Waals surface area contributed by atoms with Crippen LogP contribution in [0.2, 0.25) is 0 Å². The Bertz CT molecular complexity index is 628. The minimum Gasteiger partial charge on any atom is -0.464 e. The highest BCUT2D eigenvalue weighted by atomic mass is 127. The lowest BCUT2D eigenvalue weighted by Gasteiger charge is -2.16. The zero-order valence-electron chi connectivity index (χ0n) is 13.8. The van der Waals surface area contributed by atoms with Crippen molar-refractivity contribution in [2.24, 2.45) is 10.9 Å². The molecule has 0 spiro atoms. The van der Waals surface area contributed by atoms with E-state index in [-0.39, 0.29) is 41.7 Å². The molecule has 1 aliphatic heterocycles. The smallest absolute Gasteiger partial charge is 0.191 e. The maximum Gasteiger partial charge on any atom is 0.191 e. The molecule has 8 heteroatoms. The third-order valence-electron chi connectivity index (χ3n) is 3.72. The normalized spacial score (nSPS) is 21.5. The van der Waals surface area contributed by atoms with E-state index in [1.54, 1.807) is 0 Å². The first-order valence-electron chi connectivity index (χ1n) is 7.71. The number of rotatable bonds is 5. The molecule has 6 nitrogen and oxygen atoms in total. The molecule has 0 bridgehead atoms. The van der Waals surface area contributed by atoms with Gasteiger partial charge in [0.15, 0.2) is 15.8 Å². The van der Waals surface area contributed by atoms with Gasteiger partial charge < -0.3 is 15.1 Å². The van der Waals surface area contributed by atoms with E-state index < -0.39 is 9.84 Å². The predicted octanol–water partition coefficient (Wildman–Crippen LogP) is 2.26. The number of aliphatic imine (C=N–C) groups is 1. The number of halogens is 1. The van der Waals surface area contributed by atoms with Crippen LogP contribution in [0, 0.1) is 12.8 Å². The van der Waals surface area contributed by atoms with E-state index in [4.69, 9.17) is 4.42 Å². The Balaban J connectivity index is 0.00000264. The van der Waals surface area contributed by atoms with Gasteiger partial charge in [-0.1, -0.05) is 0 Å². The molecule has 1 aromatic heterocycles. The third-order valence-corrected chi connectivity index (χ3v) is 5.56. The number of aryl methyl sites for hydroxylation is 1. The first-order valence-corrected chi connectivity index (χ1v) is 9.53. The lowest BCUT2D eigenvalue weighted by Crippen LogP contribution is -2.39. The molecule has 2 unspecified atom stereocenters. The molecular formula is C15H26IN3O3S. The van der Waals surface area contributed by atoms with Crippen molar-refractivity contribution >= 4 is 39.8 Å². The Kier molecular flexibility index (Phi) is 7.85. The summed E-state index contributed by atoms with van der Waals surface area (Å²) in [7, 11) is -2.84. The molecule has 2 atom stereocenters. The lowest BCUT2D eigenvalue weighted by atomic mass is 10.1. The highest BCUT2D eigenvalue weighted by Crippen LogP contribution is 2.19. The molecule has 132 valence electrons. The van der Waals surface area contributed by atoms with Crippen molar-refractivity contribution in [3.63, 3.8) is 0 Å². The van der Waals surface area contributed by atoms with Gasteiger partial charge in [0.1, 0.15) is 11.5 Å². The number of sulfone groups is 1. The average Bonchev–Trinajstić information content (AvgIpc) is 3.02. The fraction of sp³-hybridized carbons (Fsp3) is 0.667. The molecule has 1 saturated heterocycles. The minimum atomic E-state index is -2.84. The molecular weight excluding hydrogens is 429 g/mol. The summed E-state index contributed by atoms with van der Waals surface area (Å²) < 4.78 is 28.6. The number of guanidine groups is 1. The van der Waals surface area contributed by atoms with E-state index in [2.05, 4.69) is 15.6 Å². The molecule has 0 radical (unpaired) electrons. The van der Waals surface area contributed by atoms with E-state index in [1.807, 2.05) is 32.9 Å². The molecule has 0 aromatic carbocycles. The van der Waals surface area contributed by atoms with E-state index in [0.717, 1.165) is 18.1 Å². The van der Waals surface area contributed by atoms with Crippen molar-refractivity contribution in [1.29, 1.82) is 0 Å². The summed E-state index contributed by atoms with van der Waals surface area (Å²) in [5.74, 6) is 3.09. The first-order chi connectivity index (χ1) is 10.4. The monoisotopic (exact) mass is 455 g/mol. The fourth-order valence-corrected chi connectivity index (χ4v) is 4.37. The standard InChI is InChI=1S/C15H25N3O3S.HI/c1-4-16-15(17-9-13-7-8-22(19,20)10-13)18-12(3)14-6-5-11(2)21-14;/h5-6,12-13H,4,7-10H2,1-3H3,(H2,16,17,18);1H. The van der Waals surface area contributed by atoms with Crippen molar-refractivity contribution in [3.8, 4) is 0 Å². The molecule has 2 N–H and O–H groups in total. The van der Waals surface area contributed by atoms with Crippen molar-refractivity contribution in [2.75, 3.05) is 24.6 Å². The van der Waals surface area contributed by atoms with Crippen LogP contribution in [0.5, 0.6) is 0 Å². The van der Waals surface area contributed by atoms with Gasteiger partial charge in [-0.2, -0.15) is 0 Å². The topological polar surface area (TPSA) is 83.7 Å². The summed E-state index contributed by atoms with van der Waals surface area (Å²) in [5, 5.41) is 6.47. The molecule has 2 heterocycles. The number of hydrogen-bond acceptors (Lipinski definition) is 4. The number of furan rings is 1. The molecule has 1 aromatic rings. The summed E-state index contributed by atoms with van der Waals surface area (Å²) in [6.45, 7) is 7.19. The lowest BCUT2D eigenvalue weighted by molar-refractivity contribution is 0.441. The SMILES string of the molecule is CCNC(=NCC1CCS(=O)(=O)C1)NC(C)c1ccc(C)o1.I. The second-order valence-corrected chi connectivity index (χ2v) is 8.03. The molecule has 1 aliphatic rings.